The molecule has 5 aliphatic rings. The third-order valence-electron chi connectivity index (χ3n) is 7.45. The van der Waals surface area contributed by atoms with Gasteiger partial charge in [-0.3, -0.25) is 4.90 Å². The van der Waals surface area contributed by atoms with Crippen LogP contribution in [0.25, 0.3) is 11.3 Å². The van der Waals surface area contributed by atoms with Gasteiger partial charge >= 0.3 is 6.61 Å². The van der Waals surface area contributed by atoms with Gasteiger partial charge in [-0.25, -0.2) is 9.97 Å². The van der Waals surface area contributed by atoms with Crippen LogP contribution in [0.4, 0.5) is 26.4 Å². The lowest BCUT2D eigenvalue weighted by Gasteiger charge is -2.62. The first-order chi connectivity index (χ1) is 16.0. The Morgan fingerprint density at radius 3 is 2.64 bits per heavy atom. The number of likely N-dealkylation sites (tertiary alicyclic amines) is 1. The second kappa shape index (κ2) is 7.91. The summed E-state index contributed by atoms with van der Waals surface area (Å²) in [5.41, 5.74) is 6.94. The zero-order valence-corrected chi connectivity index (χ0v) is 18.4. The molecule has 2 atom stereocenters. The smallest absolute Gasteiger partial charge is 0.387 e. The number of fused-ring (bicyclic) bond motifs is 2. The first-order valence-electron chi connectivity index (χ1n) is 11.4. The molecule has 11 heteroatoms. The lowest BCUT2D eigenvalue weighted by Crippen LogP contribution is -2.79. The molecule has 2 aromatic heterocycles. The van der Waals surface area contributed by atoms with E-state index in [4.69, 9.17) is 20.4 Å². The van der Waals surface area contributed by atoms with E-state index < -0.39 is 6.61 Å². The molecule has 1 saturated carbocycles. The number of nitrogens with zero attached hydrogens (tertiary/aromatic N) is 6. The van der Waals surface area contributed by atoms with Crippen molar-refractivity contribution in [2.24, 2.45) is 5.92 Å². The highest BCUT2D eigenvalue weighted by Crippen LogP contribution is 2.44. The van der Waals surface area contributed by atoms with Crippen LogP contribution in [-0.4, -0.2) is 84.5 Å². The largest absolute Gasteiger partial charge is 0.431 e. The van der Waals surface area contributed by atoms with E-state index in [2.05, 4.69) is 24.4 Å². The molecular formula is C22H27F2N7O2. The molecule has 0 radical (unpaired) electrons. The number of hydrogen-bond acceptors (Lipinski definition) is 9. The molecule has 4 saturated heterocycles. The number of anilines is 3. The third-order valence-corrected chi connectivity index (χ3v) is 7.45. The van der Waals surface area contributed by atoms with Crippen LogP contribution in [-0.2, 0) is 4.74 Å². The number of nitrogen functional groups attached to an aromatic ring is 1. The van der Waals surface area contributed by atoms with Gasteiger partial charge in [0, 0.05) is 63.2 Å². The number of piperazine rings is 1. The van der Waals surface area contributed by atoms with Crippen molar-refractivity contribution in [3.8, 4) is 17.0 Å². The summed E-state index contributed by atoms with van der Waals surface area (Å²) in [5.74, 6) is 2.04. The molecule has 2 aromatic rings. The van der Waals surface area contributed by atoms with E-state index in [1.54, 1.807) is 13.3 Å². The summed E-state index contributed by atoms with van der Waals surface area (Å²) in [4.78, 5) is 20.8. The van der Waals surface area contributed by atoms with E-state index in [1.807, 2.05) is 6.07 Å². The number of rotatable bonds is 8. The number of nitrogens with two attached hydrogens (primary N) is 1. The molecule has 2 bridgehead atoms. The van der Waals surface area contributed by atoms with Crippen molar-refractivity contribution < 1.29 is 18.3 Å². The first kappa shape index (κ1) is 20.8. The molecule has 9 nitrogen and oxygen atoms in total. The SMILES string of the molecule is COCCN1C[C@@H]2C1CN2c1cc(-c2cnc(N)c(OC(F)F)c2)nc(N2CC3CC2C3)n1. The fourth-order valence-electron chi connectivity index (χ4n) is 5.48. The summed E-state index contributed by atoms with van der Waals surface area (Å²) in [6.45, 7) is 1.53. The van der Waals surface area contributed by atoms with Gasteiger partial charge in [0.15, 0.2) is 11.6 Å². The number of halogens is 2. The minimum Gasteiger partial charge on any atom is -0.431 e. The topological polar surface area (TPSA) is 92.9 Å². The van der Waals surface area contributed by atoms with Crippen LogP contribution in [0.5, 0.6) is 5.75 Å². The minimum absolute atomic E-state index is 0.0786. The fraction of sp³-hybridized carbons (Fsp3) is 0.591. The molecular weight excluding hydrogens is 432 g/mol. The molecule has 1 aliphatic carbocycles. The van der Waals surface area contributed by atoms with Gasteiger partial charge in [-0.2, -0.15) is 13.8 Å². The van der Waals surface area contributed by atoms with E-state index in [9.17, 15) is 8.78 Å². The highest BCUT2D eigenvalue weighted by Gasteiger charge is 2.52. The summed E-state index contributed by atoms with van der Waals surface area (Å²) >= 11 is 0. The number of pyridine rings is 1. The number of aromatic nitrogens is 3. The number of alkyl halides is 2. The number of ether oxygens (including phenoxy) is 2. The molecule has 5 fully saturated rings. The Hall–Kier alpha value is -2.79. The van der Waals surface area contributed by atoms with E-state index in [1.165, 1.54) is 18.9 Å². The van der Waals surface area contributed by atoms with Crippen LogP contribution in [0, 0.1) is 5.92 Å². The molecule has 176 valence electrons. The Kier molecular flexibility index (Phi) is 4.98. The quantitative estimate of drug-likeness (QED) is 0.635. The van der Waals surface area contributed by atoms with Crippen molar-refractivity contribution in [1.82, 2.24) is 19.9 Å². The van der Waals surface area contributed by atoms with Gasteiger partial charge in [0.1, 0.15) is 5.82 Å². The maximum Gasteiger partial charge on any atom is 0.387 e. The summed E-state index contributed by atoms with van der Waals surface area (Å²) in [6.07, 6.45) is 3.91. The molecule has 0 amide bonds. The molecule has 0 spiro atoms. The van der Waals surface area contributed by atoms with Crippen LogP contribution in [0.15, 0.2) is 18.3 Å². The van der Waals surface area contributed by atoms with Crippen LogP contribution in [0.2, 0.25) is 0 Å². The Labute approximate surface area is 190 Å². The zero-order valence-electron chi connectivity index (χ0n) is 18.4. The lowest BCUT2D eigenvalue weighted by molar-refractivity contribution is -0.0494. The molecule has 4 aliphatic heterocycles. The molecule has 2 N–H and O–H groups in total. The Morgan fingerprint density at radius 2 is 1.97 bits per heavy atom. The summed E-state index contributed by atoms with van der Waals surface area (Å²) in [5, 5.41) is 0. The maximum absolute atomic E-state index is 12.8. The zero-order chi connectivity index (χ0) is 22.7. The van der Waals surface area contributed by atoms with Gasteiger partial charge < -0.3 is 25.0 Å². The van der Waals surface area contributed by atoms with Gasteiger partial charge in [-0.15, -0.1) is 0 Å². The maximum atomic E-state index is 12.8. The number of hydrogen-bond donors (Lipinski definition) is 1. The van der Waals surface area contributed by atoms with Gasteiger partial charge in [0.25, 0.3) is 0 Å². The Bertz CT molecular complexity index is 1050. The van der Waals surface area contributed by atoms with Gasteiger partial charge in [-0.05, 0) is 24.8 Å². The second-order valence-corrected chi connectivity index (χ2v) is 9.32. The standard InChI is InChI=1S/C22H27F2N7O2/c1-32-3-2-29-10-17-16(29)11-31(17)19-7-15(13-6-18(33-21(23)24)20(25)26-8-13)27-22(28-19)30-9-12-4-14(30)5-12/h6-8,12,14,16-17,21H,2-5,9-11H2,1H3,(H2,25,26)/t12?,14?,16?,17-/m1/s1. The normalized spacial score (nSPS) is 27.8. The Balaban J connectivity index is 1.31. The Morgan fingerprint density at radius 1 is 1.12 bits per heavy atom. The average Bonchev–Trinajstić information content (AvgIpc) is 3.37. The van der Waals surface area contributed by atoms with Gasteiger partial charge in [0.05, 0.1) is 18.3 Å². The van der Waals surface area contributed by atoms with Crippen molar-refractivity contribution in [3.05, 3.63) is 18.3 Å². The summed E-state index contributed by atoms with van der Waals surface area (Å²) < 4.78 is 35.4. The monoisotopic (exact) mass is 459 g/mol. The van der Waals surface area contributed by atoms with E-state index in [-0.39, 0.29) is 11.6 Å². The van der Waals surface area contributed by atoms with Gasteiger partial charge in [0.2, 0.25) is 5.95 Å². The van der Waals surface area contributed by atoms with Crippen molar-refractivity contribution in [3.63, 3.8) is 0 Å². The predicted molar refractivity (Wildman–Crippen MR) is 119 cm³/mol. The molecule has 0 aromatic carbocycles. The summed E-state index contributed by atoms with van der Waals surface area (Å²) in [7, 11) is 1.72. The fourth-order valence-corrected chi connectivity index (χ4v) is 5.48. The predicted octanol–water partition coefficient (Wildman–Crippen LogP) is 1.84. The van der Waals surface area contributed by atoms with Crippen molar-refractivity contribution in [2.45, 2.75) is 37.6 Å². The molecule has 33 heavy (non-hydrogen) atoms. The highest BCUT2D eigenvalue weighted by molar-refractivity contribution is 5.69. The second-order valence-electron chi connectivity index (χ2n) is 9.32. The van der Waals surface area contributed by atoms with Crippen molar-refractivity contribution >= 4 is 17.6 Å². The average molecular weight is 460 g/mol. The van der Waals surface area contributed by atoms with Gasteiger partial charge in [-0.1, -0.05) is 0 Å². The van der Waals surface area contributed by atoms with E-state index in [0.717, 1.165) is 38.6 Å². The highest BCUT2D eigenvalue weighted by atomic mass is 19.3. The van der Waals surface area contributed by atoms with Crippen molar-refractivity contribution in [2.75, 3.05) is 55.4 Å². The van der Waals surface area contributed by atoms with Crippen LogP contribution < -0.4 is 20.3 Å². The molecule has 6 heterocycles. The molecule has 7 rings (SSSR count). The lowest BCUT2D eigenvalue weighted by atomic mass is 9.85. The summed E-state index contributed by atoms with van der Waals surface area (Å²) in [6, 6.07) is 4.82. The van der Waals surface area contributed by atoms with E-state index >= 15 is 0 Å². The first-order valence-corrected chi connectivity index (χ1v) is 11.4. The van der Waals surface area contributed by atoms with E-state index in [0.29, 0.717) is 41.2 Å². The molecule has 1 unspecified atom stereocenters. The van der Waals surface area contributed by atoms with Crippen LogP contribution >= 0.6 is 0 Å². The third kappa shape index (κ3) is 3.54. The van der Waals surface area contributed by atoms with Crippen LogP contribution in [0.1, 0.15) is 12.8 Å². The van der Waals surface area contributed by atoms with Crippen molar-refractivity contribution in [1.29, 1.82) is 0 Å². The van der Waals surface area contributed by atoms with Crippen LogP contribution in [0.3, 0.4) is 0 Å². The minimum atomic E-state index is -2.98. The number of methoxy groups -OCH3 is 1.